The molecule has 1 fully saturated rings. The Labute approximate surface area is 181 Å². The van der Waals surface area contributed by atoms with Crippen LogP contribution in [-0.4, -0.2) is 62.0 Å². The third-order valence-corrected chi connectivity index (χ3v) is 4.65. The minimum Gasteiger partial charge on any atom is -0.458 e. The lowest BCUT2D eigenvalue weighted by Gasteiger charge is -2.42. The van der Waals surface area contributed by atoms with Gasteiger partial charge >= 0.3 is 17.9 Å². The number of esters is 2. The Kier molecular flexibility index (Phi) is 8.09. The van der Waals surface area contributed by atoms with Crippen molar-refractivity contribution in [3.05, 3.63) is 35.7 Å². The van der Waals surface area contributed by atoms with E-state index in [1.54, 1.807) is 0 Å². The van der Waals surface area contributed by atoms with Crippen LogP contribution in [-0.2, 0) is 30.5 Å². The molecule has 1 aliphatic carbocycles. The number of nitro groups is 1. The summed E-state index contributed by atoms with van der Waals surface area (Å²) in [5, 5.41) is 21.6. The molecule has 0 amide bonds. The van der Waals surface area contributed by atoms with Crippen molar-refractivity contribution in [3.63, 3.8) is 0 Å². The zero-order valence-corrected chi connectivity index (χ0v) is 17.6. The maximum Gasteiger partial charge on any atom is 0.492 e. The van der Waals surface area contributed by atoms with Crippen LogP contribution < -0.4 is 0 Å². The molecule has 0 bridgehead atoms. The highest BCUT2D eigenvalue weighted by atomic mass is 79.9. The van der Waals surface area contributed by atoms with Gasteiger partial charge in [-0.1, -0.05) is 10.2 Å². The van der Waals surface area contributed by atoms with Crippen LogP contribution in [0.2, 0.25) is 0 Å². The molecule has 31 heavy (non-hydrogen) atoms. The Hall–Kier alpha value is -3.46. The molecule has 0 N–H and O–H groups in total. The topological polar surface area (TPSA) is 233 Å². The number of halogens is 1. The van der Waals surface area contributed by atoms with Crippen LogP contribution in [0.5, 0.6) is 0 Å². The van der Waals surface area contributed by atoms with Gasteiger partial charge in [0.05, 0.1) is 12.1 Å². The number of ether oxygens (including phenoxy) is 3. The molecular weight excluding hydrogens is 488 g/mol. The van der Waals surface area contributed by atoms with E-state index >= 15 is 0 Å². The Morgan fingerprint density at radius 3 is 2.23 bits per heavy atom. The first-order chi connectivity index (χ1) is 14.7. The zero-order valence-electron chi connectivity index (χ0n) is 16.0. The highest BCUT2D eigenvalue weighted by molar-refractivity contribution is 9.10. The number of azide groups is 2. The van der Waals surface area contributed by atoms with Gasteiger partial charge in [0.15, 0.2) is 12.8 Å². The van der Waals surface area contributed by atoms with Gasteiger partial charge in [-0.2, -0.15) is 0 Å². The Balaban J connectivity index is 2.40. The lowest BCUT2D eigenvalue weighted by Crippen LogP contribution is -2.58. The van der Waals surface area contributed by atoms with Crippen molar-refractivity contribution >= 4 is 33.8 Å². The van der Waals surface area contributed by atoms with Crippen LogP contribution in [0.1, 0.15) is 20.3 Å². The van der Waals surface area contributed by atoms with E-state index in [0.29, 0.717) is 0 Å². The molecule has 1 heterocycles. The van der Waals surface area contributed by atoms with E-state index < -0.39 is 59.9 Å². The molecule has 2 rings (SSSR count). The standard InChI is InChI=1S/C13H15BrN10O7/c1-5(25)30-10-8(19-22-16)3-7(18-21-15)9(11(10)31-6(2)26)29-4-23-12(14)17-13(20-23)24(27)28/h7-11H,3-4H2,1-2H3/t7?,8-,9+,10+,11?/m1/s1. The van der Waals surface area contributed by atoms with Gasteiger partial charge in [0.25, 0.3) is 4.73 Å². The minimum atomic E-state index is -1.32. The van der Waals surface area contributed by atoms with Gasteiger partial charge in [0.1, 0.15) is 12.2 Å². The molecule has 0 spiro atoms. The summed E-state index contributed by atoms with van der Waals surface area (Å²) in [6.07, 6.45) is -3.82. The molecule has 0 aromatic carbocycles. The molecule has 1 saturated carbocycles. The molecule has 0 saturated heterocycles. The highest BCUT2D eigenvalue weighted by Gasteiger charge is 2.49. The summed E-state index contributed by atoms with van der Waals surface area (Å²) in [5.41, 5.74) is 17.8. The lowest BCUT2D eigenvalue weighted by molar-refractivity contribution is -0.394. The third kappa shape index (κ3) is 6.02. The molecule has 0 aliphatic heterocycles. The minimum absolute atomic E-state index is 0.0251. The summed E-state index contributed by atoms with van der Waals surface area (Å²) in [6.45, 7) is 1.78. The van der Waals surface area contributed by atoms with Gasteiger partial charge in [0, 0.05) is 44.7 Å². The SMILES string of the molecule is CC(=O)OC1[C@@H](OCn2nc([N+](=O)[O-])nc2Br)C(N=[N+]=[N-])C[C@@H](N=[N+]=[N-])[C@@H]1OC(C)=O. The van der Waals surface area contributed by atoms with Crippen LogP contribution in [0.25, 0.3) is 20.9 Å². The first kappa shape index (κ1) is 23.8. The Bertz CT molecular complexity index is 956. The van der Waals surface area contributed by atoms with Gasteiger partial charge < -0.3 is 24.3 Å². The van der Waals surface area contributed by atoms with E-state index in [1.807, 2.05) is 0 Å². The maximum absolute atomic E-state index is 11.7. The second-order valence-electron chi connectivity index (χ2n) is 6.13. The number of carbonyl (C=O) groups is 2. The van der Waals surface area contributed by atoms with Crippen LogP contribution >= 0.6 is 15.9 Å². The first-order valence-corrected chi connectivity index (χ1v) is 9.26. The summed E-state index contributed by atoms with van der Waals surface area (Å²) in [7, 11) is 0. The molecule has 1 aromatic heterocycles. The molecule has 1 aromatic rings. The monoisotopic (exact) mass is 502 g/mol. The highest BCUT2D eigenvalue weighted by Crippen LogP contribution is 2.32. The van der Waals surface area contributed by atoms with E-state index in [2.05, 4.69) is 46.1 Å². The van der Waals surface area contributed by atoms with Crippen molar-refractivity contribution in [2.75, 3.05) is 0 Å². The maximum atomic E-state index is 11.7. The van der Waals surface area contributed by atoms with Gasteiger partial charge in [-0.3, -0.25) is 9.59 Å². The summed E-state index contributed by atoms with van der Waals surface area (Å²) in [4.78, 5) is 42.3. The number of aromatic nitrogens is 3. The fourth-order valence-corrected chi connectivity index (χ4v) is 3.34. The van der Waals surface area contributed by atoms with Crippen molar-refractivity contribution in [2.45, 2.75) is 57.4 Å². The van der Waals surface area contributed by atoms with Crippen molar-refractivity contribution in [2.24, 2.45) is 10.2 Å². The summed E-state index contributed by atoms with van der Waals surface area (Å²) >= 11 is 3.00. The quantitative estimate of drug-likeness (QED) is 0.126. The molecule has 166 valence electrons. The van der Waals surface area contributed by atoms with Gasteiger partial charge in [-0.05, 0) is 27.4 Å². The molecule has 2 unspecified atom stereocenters. The second-order valence-corrected chi connectivity index (χ2v) is 6.84. The fourth-order valence-electron chi connectivity index (χ4n) is 3.00. The molecule has 0 radical (unpaired) electrons. The zero-order chi connectivity index (χ0) is 23.1. The summed E-state index contributed by atoms with van der Waals surface area (Å²) < 4.78 is 17.1. The van der Waals surface area contributed by atoms with E-state index in [1.165, 1.54) is 0 Å². The predicted octanol–water partition coefficient (Wildman–Crippen LogP) is 1.92. The number of hydrogen-bond acceptors (Lipinski definition) is 11. The Morgan fingerprint density at radius 2 is 1.74 bits per heavy atom. The fraction of sp³-hybridized carbons (Fsp3) is 0.692. The van der Waals surface area contributed by atoms with Crippen LogP contribution in [0.15, 0.2) is 15.0 Å². The molecule has 1 aliphatic rings. The van der Waals surface area contributed by atoms with E-state index in [4.69, 9.17) is 25.3 Å². The summed E-state index contributed by atoms with van der Waals surface area (Å²) in [6, 6.07) is -2.03. The lowest BCUT2D eigenvalue weighted by atomic mass is 9.84. The van der Waals surface area contributed by atoms with Crippen LogP contribution in [0, 0.1) is 10.1 Å². The van der Waals surface area contributed by atoms with Crippen molar-refractivity contribution in [1.82, 2.24) is 14.8 Å². The molecular formula is C13H15BrN10O7. The number of rotatable bonds is 8. The van der Waals surface area contributed by atoms with Gasteiger partial charge in [-0.25, -0.2) is 0 Å². The van der Waals surface area contributed by atoms with Crippen LogP contribution in [0.4, 0.5) is 5.95 Å². The van der Waals surface area contributed by atoms with Crippen LogP contribution in [0.3, 0.4) is 0 Å². The van der Waals surface area contributed by atoms with Gasteiger partial charge in [0.2, 0.25) is 0 Å². The molecule has 5 atom stereocenters. The number of nitrogens with zero attached hydrogens (tertiary/aromatic N) is 10. The van der Waals surface area contributed by atoms with E-state index in [-0.39, 0.29) is 11.2 Å². The van der Waals surface area contributed by atoms with Gasteiger partial charge in [-0.15, -0.1) is 4.68 Å². The molecule has 18 heteroatoms. The van der Waals surface area contributed by atoms with Crippen molar-refractivity contribution < 1.29 is 28.7 Å². The Morgan fingerprint density at radius 1 is 1.19 bits per heavy atom. The molecule has 17 nitrogen and oxygen atoms in total. The van der Waals surface area contributed by atoms with Crippen molar-refractivity contribution in [3.8, 4) is 0 Å². The third-order valence-electron chi connectivity index (χ3n) is 4.06. The smallest absolute Gasteiger partial charge is 0.458 e. The number of carbonyl (C=O) groups excluding carboxylic acids is 2. The average molecular weight is 503 g/mol. The normalized spacial score (nSPS) is 24.9. The van der Waals surface area contributed by atoms with Crippen molar-refractivity contribution in [1.29, 1.82) is 0 Å². The average Bonchev–Trinajstić information content (AvgIpc) is 3.05. The number of hydrogen-bond donors (Lipinski definition) is 0. The largest absolute Gasteiger partial charge is 0.492 e. The van der Waals surface area contributed by atoms with E-state index in [9.17, 15) is 19.7 Å². The summed E-state index contributed by atoms with van der Waals surface area (Å²) in [5.74, 6) is -2.20. The second kappa shape index (κ2) is 10.5. The predicted molar refractivity (Wildman–Crippen MR) is 101 cm³/mol. The van der Waals surface area contributed by atoms with E-state index in [0.717, 1.165) is 18.5 Å². The first-order valence-electron chi connectivity index (χ1n) is 8.47.